The Labute approximate surface area is 169 Å². The normalized spacial score (nSPS) is 16.5. The van der Waals surface area contributed by atoms with E-state index in [4.69, 9.17) is 20.2 Å². The van der Waals surface area contributed by atoms with Crippen LogP contribution in [0.15, 0.2) is 34.6 Å². The van der Waals surface area contributed by atoms with Crippen molar-refractivity contribution in [2.24, 2.45) is 0 Å². The molecule has 3 N–H and O–H groups in total. The fourth-order valence-electron chi connectivity index (χ4n) is 3.67. The van der Waals surface area contributed by atoms with Gasteiger partial charge in [-0.05, 0) is 31.0 Å². The molecule has 2 aliphatic heterocycles. The number of nitrogens with zero attached hydrogens (tertiary/aromatic N) is 5. The Hall–Kier alpha value is -3.21. The molecule has 1 amide bonds. The molecule has 0 aliphatic carbocycles. The van der Waals surface area contributed by atoms with E-state index in [-0.39, 0.29) is 12.8 Å². The van der Waals surface area contributed by atoms with Gasteiger partial charge in [0.15, 0.2) is 33.6 Å². The number of anilines is 1. The van der Waals surface area contributed by atoms with Gasteiger partial charge in [0.2, 0.25) is 6.79 Å². The number of imidazole rings is 1. The van der Waals surface area contributed by atoms with Crippen LogP contribution in [-0.4, -0.2) is 55.5 Å². The number of ether oxygens (including phenoxy) is 2. The lowest BCUT2D eigenvalue weighted by Gasteiger charge is -2.31. The van der Waals surface area contributed by atoms with E-state index in [1.54, 1.807) is 0 Å². The van der Waals surface area contributed by atoms with E-state index in [1.807, 2.05) is 18.2 Å². The average molecular weight is 414 g/mol. The zero-order valence-corrected chi connectivity index (χ0v) is 16.1. The van der Waals surface area contributed by atoms with Crippen LogP contribution in [0.25, 0.3) is 11.2 Å². The van der Waals surface area contributed by atoms with Gasteiger partial charge < -0.3 is 25.2 Å². The predicted molar refractivity (Wildman–Crippen MR) is 104 cm³/mol. The molecule has 0 atom stereocenters. The number of aromatic nitrogens is 4. The number of nitrogens with two attached hydrogens (primary N) is 1. The number of hydrogen-bond acceptors (Lipinski definition) is 8. The molecule has 0 saturated carbocycles. The molecule has 3 aromatic rings. The number of benzene rings is 1. The Kier molecular flexibility index (Phi) is 4.31. The standard InChI is InChI=1S/C18H18N6O4S/c19-15-14-16(21-8-20-15)24(10-3-5-23(6-4-10)18(25)26)17(22-14)29-11-1-2-12-13(7-11)28-9-27-12/h1-2,7-8,10H,3-6,9H2,(H,25,26)(H2,19,20,21). The summed E-state index contributed by atoms with van der Waals surface area (Å²) in [5, 5.41) is 9.97. The molecule has 1 aromatic carbocycles. The summed E-state index contributed by atoms with van der Waals surface area (Å²) in [6.07, 6.45) is 1.89. The van der Waals surface area contributed by atoms with Crippen molar-refractivity contribution < 1.29 is 19.4 Å². The topological polar surface area (TPSA) is 129 Å². The van der Waals surface area contributed by atoms with Crippen LogP contribution in [0.3, 0.4) is 0 Å². The Bertz CT molecular complexity index is 1100. The van der Waals surface area contributed by atoms with Crippen LogP contribution in [0.5, 0.6) is 11.5 Å². The first-order chi connectivity index (χ1) is 14.1. The lowest BCUT2D eigenvalue weighted by molar-refractivity contribution is 0.125. The second-order valence-electron chi connectivity index (χ2n) is 6.81. The van der Waals surface area contributed by atoms with Gasteiger partial charge >= 0.3 is 6.09 Å². The van der Waals surface area contributed by atoms with E-state index in [1.165, 1.54) is 23.0 Å². The minimum atomic E-state index is -0.888. The highest BCUT2D eigenvalue weighted by atomic mass is 32.2. The van der Waals surface area contributed by atoms with Gasteiger partial charge in [-0.15, -0.1) is 0 Å². The maximum atomic E-state index is 11.2. The van der Waals surface area contributed by atoms with Gasteiger partial charge in [-0.25, -0.2) is 19.7 Å². The highest BCUT2D eigenvalue weighted by Crippen LogP contribution is 2.40. The minimum Gasteiger partial charge on any atom is -0.465 e. The fraction of sp³-hybridized carbons (Fsp3) is 0.333. The molecule has 0 unspecified atom stereocenters. The molecule has 4 heterocycles. The Balaban J connectivity index is 1.52. The average Bonchev–Trinajstić information content (AvgIpc) is 3.33. The first-order valence-corrected chi connectivity index (χ1v) is 9.95. The molecule has 5 rings (SSSR count). The van der Waals surface area contributed by atoms with Gasteiger partial charge in [0.05, 0.1) is 0 Å². The van der Waals surface area contributed by atoms with E-state index >= 15 is 0 Å². The maximum absolute atomic E-state index is 11.2. The highest BCUT2D eigenvalue weighted by molar-refractivity contribution is 7.99. The zero-order chi connectivity index (χ0) is 20.0. The quantitative estimate of drug-likeness (QED) is 0.664. The number of hydrogen-bond donors (Lipinski definition) is 2. The van der Waals surface area contributed by atoms with Gasteiger partial charge in [-0.2, -0.15) is 0 Å². The fourth-order valence-corrected chi connectivity index (χ4v) is 4.65. The van der Waals surface area contributed by atoms with E-state index in [0.29, 0.717) is 48.7 Å². The molecule has 11 heteroatoms. The molecule has 150 valence electrons. The molecule has 1 fully saturated rings. The van der Waals surface area contributed by atoms with Crippen molar-refractivity contribution in [1.82, 2.24) is 24.4 Å². The largest absolute Gasteiger partial charge is 0.465 e. The lowest BCUT2D eigenvalue weighted by atomic mass is 10.1. The number of nitrogen functional groups attached to an aromatic ring is 1. The third-order valence-electron chi connectivity index (χ3n) is 5.13. The molecule has 10 nitrogen and oxygen atoms in total. The molecule has 0 radical (unpaired) electrons. The second kappa shape index (κ2) is 6.99. The monoisotopic (exact) mass is 414 g/mol. The first kappa shape index (κ1) is 17.9. The molecule has 29 heavy (non-hydrogen) atoms. The van der Waals surface area contributed by atoms with E-state index < -0.39 is 6.09 Å². The van der Waals surface area contributed by atoms with Crippen LogP contribution in [0.1, 0.15) is 18.9 Å². The first-order valence-electron chi connectivity index (χ1n) is 9.14. The maximum Gasteiger partial charge on any atom is 0.407 e. The molecule has 2 aromatic heterocycles. The summed E-state index contributed by atoms with van der Waals surface area (Å²) in [7, 11) is 0. The predicted octanol–water partition coefficient (Wildman–Crippen LogP) is 2.60. The lowest BCUT2D eigenvalue weighted by Crippen LogP contribution is -2.38. The van der Waals surface area contributed by atoms with Crippen molar-refractivity contribution in [2.75, 3.05) is 25.6 Å². The third kappa shape index (κ3) is 3.16. The third-order valence-corrected chi connectivity index (χ3v) is 6.09. The summed E-state index contributed by atoms with van der Waals surface area (Å²) in [6, 6.07) is 5.81. The SMILES string of the molecule is Nc1ncnc2c1nc(Sc1ccc3c(c1)OCO3)n2C1CCN(C(=O)O)CC1. The number of rotatable bonds is 3. The molecular formula is C18H18N6O4S. The molecule has 1 saturated heterocycles. The summed E-state index contributed by atoms with van der Waals surface area (Å²) in [6.45, 7) is 1.15. The zero-order valence-electron chi connectivity index (χ0n) is 15.3. The number of carboxylic acid groups (broad SMARTS) is 1. The molecule has 0 bridgehead atoms. The minimum absolute atomic E-state index is 0.0708. The summed E-state index contributed by atoms with van der Waals surface area (Å²) in [5.41, 5.74) is 7.25. The van der Waals surface area contributed by atoms with Gasteiger partial charge in [0, 0.05) is 24.0 Å². The summed E-state index contributed by atoms with van der Waals surface area (Å²) >= 11 is 1.48. The molecular weight excluding hydrogens is 396 g/mol. The smallest absolute Gasteiger partial charge is 0.407 e. The van der Waals surface area contributed by atoms with Crippen LogP contribution in [0.4, 0.5) is 10.6 Å². The Morgan fingerprint density at radius 2 is 2.00 bits per heavy atom. The van der Waals surface area contributed by atoms with E-state index in [2.05, 4.69) is 14.5 Å². The van der Waals surface area contributed by atoms with Crippen LogP contribution in [0.2, 0.25) is 0 Å². The number of piperidine rings is 1. The van der Waals surface area contributed by atoms with Crippen molar-refractivity contribution in [1.29, 1.82) is 0 Å². The van der Waals surface area contributed by atoms with Crippen molar-refractivity contribution in [2.45, 2.75) is 28.9 Å². The van der Waals surface area contributed by atoms with Crippen molar-refractivity contribution in [3.63, 3.8) is 0 Å². The van der Waals surface area contributed by atoms with Crippen molar-refractivity contribution in [3.05, 3.63) is 24.5 Å². The Morgan fingerprint density at radius 3 is 2.79 bits per heavy atom. The van der Waals surface area contributed by atoms with E-state index in [0.717, 1.165) is 15.8 Å². The van der Waals surface area contributed by atoms with Crippen molar-refractivity contribution in [3.8, 4) is 11.5 Å². The summed E-state index contributed by atoms with van der Waals surface area (Å²) < 4.78 is 12.9. The number of amides is 1. The number of carbonyl (C=O) groups is 1. The summed E-state index contributed by atoms with van der Waals surface area (Å²) in [5.74, 6) is 1.75. The van der Waals surface area contributed by atoms with E-state index in [9.17, 15) is 9.90 Å². The number of likely N-dealkylation sites (tertiary alicyclic amines) is 1. The molecule has 2 aliphatic rings. The molecule has 0 spiro atoms. The second-order valence-corrected chi connectivity index (χ2v) is 7.85. The van der Waals surface area contributed by atoms with Crippen LogP contribution < -0.4 is 15.2 Å². The van der Waals surface area contributed by atoms with Gasteiger partial charge in [0.1, 0.15) is 6.33 Å². The highest BCUT2D eigenvalue weighted by Gasteiger charge is 2.28. The van der Waals surface area contributed by atoms with Crippen molar-refractivity contribution >= 4 is 34.8 Å². The van der Waals surface area contributed by atoms with Crippen LogP contribution >= 0.6 is 11.8 Å². The number of fused-ring (bicyclic) bond motifs is 2. The van der Waals surface area contributed by atoms with Crippen LogP contribution in [0, 0.1) is 0 Å². The summed E-state index contributed by atoms with van der Waals surface area (Å²) in [4.78, 5) is 26.8. The van der Waals surface area contributed by atoms with Gasteiger partial charge in [-0.1, -0.05) is 11.8 Å². The Morgan fingerprint density at radius 1 is 1.21 bits per heavy atom. The van der Waals surface area contributed by atoms with Crippen LogP contribution in [-0.2, 0) is 0 Å². The van der Waals surface area contributed by atoms with Gasteiger partial charge in [0.25, 0.3) is 0 Å². The van der Waals surface area contributed by atoms with Gasteiger partial charge in [-0.3, -0.25) is 4.57 Å².